The molecule has 1 aromatic rings. The Labute approximate surface area is 103 Å². The van der Waals surface area contributed by atoms with Gasteiger partial charge in [-0.25, -0.2) is 0 Å². The van der Waals surface area contributed by atoms with Crippen LogP contribution in [0.1, 0.15) is 37.0 Å². The molecule has 0 bridgehead atoms. The van der Waals surface area contributed by atoms with Crippen LogP contribution >= 0.6 is 0 Å². The monoisotopic (exact) mass is 236 g/mol. The molecule has 0 aliphatic rings. The summed E-state index contributed by atoms with van der Waals surface area (Å²) >= 11 is 0. The lowest BCUT2D eigenvalue weighted by molar-refractivity contribution is 0.0972. The molecule has 0 fully saturated rings. The Hall–Kier alpha value is -1.51. The molecule has 0 unspecified atom stereocenters. The first-order valence-electron chi connectivity index (χ1n) is 5.83. The van der Waals surface area contributed by atoms with Crippen molar-refractivity contribution < 1.29 is 14.3 Å². The van der Waals surface area contributed by atoms with Gasteiger partial charge in [0.25, 0.3) is 0 Å². The Balaban J connectivity index is 2.85. The normalized spacial score (nSPS) is 10.4. The van der Waals surface area contributed by atoms with Crippen LogP contribution in [0.2, 0.25) is 0 Å². The molecular weight excluding hydrogens is 216 g/mol. The molecule has 0 heterocycles. The Kier molecular flexibility index (Phi) is 5.01. The minimum absolute atomic E-state index is 0.123. The van der Waals surface area contributed by atoms with Crippen LogP contribution in [0.4, 0.5) is 0 Å². The summed E-state index contributed by atoms with van der Waals surface area (Å²) in [6, 6.07) is 5.29. The summed E-state index contributed by atoms with van der Waals surface area (Å²) < 4.78 is 10.3. The van der Waals surface area contributed by atoms with E-state index in [-0.39, 0.29) is 5.78 Å². The molecule has 1 rings (SSSR count). The summed E-state index contributed by atoms with van der Waals surface area (Å²) in [6.45, 7) is 4.22. The lowest BCUT2D eigenvalue weighted by atomic mass is 10.0. The zero-order valence-electron chi connectivity index (χ0n) is 10.9. The van der Waals surface area contributed by atoms with Crippen molar-refractivity contribution >= 4 is 5.78 Å². The summed E-state index contributed by atoms with van der Waals surface area (Å²) in [7, 11) is 3.16. The van der Waals surface area contributed by atoms with E-state index in [9.17, 15) is 4.79 Å². The Morgan fingerprint density at radius 2 is 1.94 bits per heavy atom. The van der Waals surface area contributed by atoms with E-state index in [1.54, 1.807) is 32.4 Å². The highest BCUT2D eigenvalue weighted by Gasteiger charge is 2.13. The molecule has 0 N–H and O–H groups in total. The molecule has 94 valence electrons. The standard InChI is InChI=1S/C14H20O3/c1-10(2)5-8-13(15)12-7-6-11(16-3)9-14(12)17-4/h6-7,9-10H,5,8H2,1-4H3. The second kappa shape index (κ2) is 6.28. The summed E-state index contributed by atoms with van der Waals surface area (Å²) in [5, 5.41) is 0. The second-order valence-corrected chi connectivity index (χ2v) is 4.42. The zero-order valence-corrected chi connectivity index (χ0v) is 10.9. The van der Waals surface area contributed by atoms with Crippen LogP contribution in [0.3, 0.4) is 0 Å². The van der Waals surface area contributed by atoms with Crippen LogP contribution < -0.4 is 9.47 Å². The molecule has 0 atom stereocenters. The summed E-state index contributed by atoms with van der Waals surface area (Å²) in [5.41, 5.74) is 0.633. The molecule has 0 saturated heterocycles. The molecule has 0 saturated carbocycles. The van der Waals surface area contributed by atoms with E-state index in [4.69, 9.17) is 9.47 Å². The van der Waals surface area contributed by atoms with Gasteiger partial charge < -0.3 is 9.47 Å². The number of hydrogen-bond acceptors (Lipinski definition) is 3. The summed E-state index contributed by atoms with van der Waals surface area (Å²) in [6.07, 6.45) is 1.45. The molecule has 0 radical (unpaired) electrons. The van der Waals surface area contributed by atoms with Gasteiger partial charge in [0.2, 0.25) is 0 Å². The Morgan fingerprint density at radius 1 is 1.24 bits per heavy atom. The third kappa shape index (κ3) is 3.77. The van der Waals surface area contributed by atoms with Gasteiger partial charge in [-0.1, -0.05) is 13.8 Å². The van der Waals surface area contributed by atoms with Gasteiger partial charge in [-0.15, -0.1) is 0 Å². The van der Waals surface area contributed by atoms with Gasteiger partial charge in [-0.3, -0.25) is 4.79 Å². The average molecular weight is 236 g/mol. The third-order valence-electron chi connectivity index (χ3n) is 2.66. The number of methoxy groups -OCH3 is 2. The van der Waals surface area contributed by atoms with E-state index in [1.807, 2.05) is 0 Å². The maximum Gasteiger partial charge on any atom is 0.166 e. The van der Waals surface area contributed by atoms with E-state index >= 15 is 0 Å². The first-order chi connectivity index (χ1) is 8.08. The molecule has 0 spiro atoms. The SMILES string of the molecule is COc1ccc(C(=O)CCC(C)C)c(OC)c1. The van der Waals surface area contributed by atoms with Gasteiger partial charge in [0.15, 0.2) is 5.78 Å². The zero-order chi connectivity index (χ0) is 12.8. The molecule has 0 amide bonds. The third-order valence-corrected chi connectivity index (χ3v) is 2.66. The maximum atomic E-state index is 12.0. The average Bonchev–Trinajstić information content (AvgIpc) is 2.34. The van der Waals surface area contributed by atoms with Gasteiger partial charge in [-0.2, -0.15) is 0 Å². The van der Waals surface area contributed by atoms with E-state index in [0.717, 1.165) is 6.42 Å². The fraction of sp³-hybridized carbons (Fsp3) is 0.500. The number of benzene rings is 1. The quantitative estimate of drug-likeness (QED) is 0.711. The van der Waals surface area contributed by atoms with Crippen molar-refractivity contribution in [1.29, 1.82) is 0 Å². The molecule has 17 heavy (non-hydrogen) atoms. The van der Waals surface area contributed by atoms with Crippen molar-refractivity contribution in [1.82, 2.24) is 0 Å². The van der Waals surface area contributed by atoms with Crippen LogP contribution in [-0.2, 0) is 0 Å². The molecule has 0 aliphatic heterocycles. The number of carbonyl (C=O) groups excluding carboxylic acids is 1. The highest BCUT2D eigenvalue weighted by Crippen LogP contribution is 2.26. The molecule has 3 nitrogen and oxygen atoms in total. The van der Waals surface area contributed by atoms with Crippen LogP contribution in [-0.4, -0.2) is 20.0 Å². The number of Topliss-reactive ketones (excluding diaryl/α,β-unsaturated/α-hetero) is 1. The van der Waals surface area contributed by atoms with Crippen molar-refractivity contribution in [3.63, 3.8) is 0 Å². The van der Waals surface area contributed by atoms with Gasteiger partial charge in [0.05, 0.1) is 19.8 Å². The molecule has 0 aromatic heterocycles. The summed E-state index contributed by atoms with van der Waals surface area (Å²) in [4.78, 5) is 12.0. The summed E-state index contributed by atoms with van der Waals surface area (Å²) in [5.74, 6) is 1.93. The number of carbonyl (C=O) groups is 1. The van der Waals surface area contributed by atoms with E-state index < -0.39 is 0 Å². The number of ether oxygens (including phenoxy) is 2. The van der Waals surface area contributed by atoms with Crippen molar-refractivity contribution in [2.75, 3.05) is 14.2 Å². The molecule has 0 aliphatic carbocycles. The predicted octanol–water partition coefficient (Wildman–Crippen LogP) is 3.32. The fourth-order valence-corrected chi connectivity index (χ4v) is 1.58. The molecule has 1 aromatic carbocycles. The minimum Gasteiger partial charge on any atom is -0.497 e. The van der Waals surface area contributed by atoms with Crippen LogP contribution in [0.5, 0.6) is 11.5 Å². The number of hydrogen-bond donors (Lipinski definition) is 0. The van der Waals surface area contributed by atoms with Crippen molar-refractivity contribution in [2.24, 2.45) is 5.92 Å². The Morgan fingerprint density at radius 3 is 2.47 bits per heavy atom. The smallest absolute Gasteiger partial charge is 0.166 e. The number of rotatable bonds is 6. The highest BCUT2D eigenvalue weighted by atomic mass is 16.5. The highest BCUT2D eigenvalue weighted by molar-refractivity contribution is 5.98. The van der Waals surface area contributed by atoms with Crippen LogP contribution in [0.25, 0.3) is 0 Å². The number of ketones is 1. The van der Waals surface area contributed by atoms with Crippen molar-refractivity contribution in [2.45, 2.75) is 26.7 Å². The van der Waals surface area contributed by atoms with Crippen LogP contribution in [0.15, 0.2) is 18.2 Å². The van der Waals surface area contributed by atoms with E-state index in [1.165, 1.54) is 0 Å². The first kappa shape index (κ1) is 13.6. The fourth-order valence-electron chi connectivity index (χ4n) is 1.58. The largest absolute Gasteiger partial charge is 0.497 e. The van der Waals surface area contributed by atoms with E-state index in [2.05, 4.69) is 13.8 Å². The first-order valence-corrected chi connectivity index (χ1v) is 5.83. The van der Waals surface area contributed by atoms with Crippen molar-refractivity contribution in [3.05, 3.63) is 23.8 Å². The van der Waals surface area contributed by atoms with Gasteiger partial charge >= 0.3 is 0 Å². The van der Waals surface area contributed by atoms with Crippen molar-refractivity contribution in [3.8, 4) is 11.5 Å². The van der Waals surface area contributed by atoms with Gasteiger partial charge in [-0.05, 0) is 24.5 Å². The maximum absolute atomic E-state index is 12.0. The second-order valence-electron chi connectivity index (χ2n) is 4.42. The van der Waals surface area contributed by atoms with Crippen LogP contribution in [0, 0.1) is 5.92 Å². The lowest BCUT2D eigenvalue weighted by Crippen LogP contribution is -2.04. The minimum atomic E-state index is 0.123. The lowest BCUT2D eigenvalue weighted by Gasteiger charge is -2.10. The predicted molar refractivity (Wildman–Crippen MR) is 67.9 cm³/mol. The molecule has 3 heteroatoms. The molecular formula is C14H20O3. The topological polar surface area (TPSA) is 35.5 Å². The van der Waals surface area contributed by atoms with Gasteiger partial charge in [0, 0.05) is 12.5 Å². The van der Waals surface area contributed by atoms with Gasteiger partial charge in [0.1, 0.15) is 11.5 Å². The van der Waals surface area contributed by atoms with E-state index in [0.29, 0.717) is 29.4 Å². The Bertz CT molecular complexity index is 383.